The fraction of sp³-hybridized carbons (Fsp3) is 0.250. The first-order valence-electron chi connectivity index (χ1n) is 9.70. The van der Waals surface area contributed by atoms with Gasteiger partial charge >= 0.3 is 5.97 Å². The summed E-state index contributed by atoms with van der Waals surface area (Å²) >= 11 is 0. The van der Waals surface area contributed by atoms with E-state index in [4.69, 9.17) is 23.7 Å². The molecular weight excluding hydrogens is 414 g/mol. The number of amides is 1. The smallest absolute Gasteiger partial charge is 0.340 e. The number of hydrogen-bond donors (Lipinski definition) is 0. The summed E-state index contributed by atoms with van der Waals surface area (Å²) in [7, 11) is 7.31. The lowest BCUT2D eigenvalue weighted by Gasteiger charge is -2.18. The van der Waals surface area contributed by atoms with Gasteiger partial charge in [0, 0.05) is 17.3 Å². The summed E-state index contributed by atoms with van der Waals surface area (Å²) in [6.45, 7) is 1.69. The topological polar surface area (TPSA) is 83.5 Å². The molecule has 1 aliphatic heterocycles. The van der Waals surface area contributed by atoms with E-state index in [0.717, 1.165) is 0 Å². The number of anilines is 1. The summed E-state index contributed by atoms with van der Waals surface area (Å²) in [5.74, 6) is 0.803. The summed E-state index contributed by atoms with van der Waals surface area (Å²) in [6, 6.07) is 10.4. The predicted molar refractivity (Wildman–Crippen MR) is 119 cm³/mol. The Bertz CT molecular complexity index is 1120. The van der Waals surface area contributed by atoms with E-state index < -0.39 is 5.97 Å². The number of esters is 1. The lowest BCUT2D eigenvalue weighted by Crippen LogP contribution is -2.24. The lowest BCUT2D eigenvalue weighted by molar-refractivity contribution is -0.136. The highest BCUT2D eigenvalue weighted by molar-refractivity contribution is 6.24. The van der Waals surface area contributed by atoms with E-state index in [1.807, 2.05) is 0 Å². The van der Waals surface area contributed by atoms with Crippen molar-refractivity contribution in [3.63, 3.8) is 0 Å². The van der Waals surface area contributed by atoms with Crippen LogP contribution in [0.2, 0.25) is 0 Å². The summed E-state index contributed by atoms with van der Waals surface area (Å²) < 4.78 is 26.5. The van der Waals surface area contributed by atoms with E-state index in [-0.39, 0.29) is 17.1 Å². The molecule has 0 atom stereocenters. The monoisotopic (exact) mass is 439 g/mol. The molecule has 0 bridgehead atoms. The molecule has 32 heavy (non-hydrogen) atoms. The highest BCUT2D eigenvalue weighted by Gasteiger charge is 2.38. The van der Waals surface area contributed by atoms with Crippen molar-refractivity contribution in [2.45, 2.75) is 6.92 Å². The minimum Gasteiger partial charge on any atom is -0.497 e. The molecule has 0 N–H and O–H groups in total. The van der Waals surface area contributed by atoms with Crippen LogP contribution in [0, 0.1) is 0 Å². The molecule has 8 heteroatoms. The molecular formula is C24H25NO7. The number of methoxy groups -OCH3 is 5. The van der Waals surface area contributed by atoms with E-state index in [9.17, 15) is 9.59 Å². The minimum absolute atomic E-state index is 0.164. The molecule has 1 amide bonds. The maximum Gasteiger partial charge on any atom is 0.340 e. The fourth-order valence-electron chi connectivity index (χ4n) is 3.63. The van der Waals surface area contributed by atoms with Crippen LogP contribution in [0.15, 0.2) is 53.2 Å². The van der Waals surface area contributed by atoms with Crippen molar-refractivity contribution < 1.29 is 33.3 Å². The Morgan fingerprint density at radius 2 is 1.62 bits per heavy atom. The molecule has 2 aromatic rings. The maximum absolute atomic E-state index is 13.5. The van der Waals surface area contributed by atoms with Gasteiger partial charge in [0.15, 0.2) is 11.5 Å². The number of allylic oxidation sites excluding steroid dienone is 1. The maximum atomic E-state index is 13.5. The van der Waals surface area contributed by atoms with Gasteiger partial charge in [-0.2, -0.15) is 0 Å². The molecule has 0 unspecified atom stereocenters. The highest BCUT2D eigenvalue weighted by Crippen LogP contribution is 2.42. The molecule has 0 spiro atoms. The number of nitrogens with zero attached hydrogens (tertiary/aromatic N) is 1. The van der Waals surface area contributed by atoms with Crippen molar-refractivity contribution in [3.8, 4) is 23.0 Å². The lowest BCUT2D eigenvalue weighted by atomic mass is 10.0. The van der Waals surface area contributed by atoms with Crippen molar-refractivity contribution in [2.24, 2.45) is 0 Å². The zero-order chi connectivity index (χ0) is 23.4. The third kappa shape index (κ3) is 3.87. The molecule has 1 aliphatic rings. The molecule has 1 heterocycles. The van der Waals surface area contributed by atoms with Crippen LogP contribution in [0.5, 0.6) is 23.0 Å². The Labute approximate surface area is 186 Å². The molecule has 0 aliphatic carbocycles. The van der Waals surface area contributed by atoms with Gasteiger partial charge in [0.05, 0.1) is 52.4 Å². The molecule has 3 rings (SSSR count). The Morgan fingerprint density at radius 3 is 2.22 bits per heavy atom. The van der Waals surface area contributed by atoms with Gasteiger partial charge < -0.3 is 23.7 Å². The van der Waals surface area contributed by atoms with Crippen LogP contribution in [-0.4, -0.2) is 47.4 Å². The van der Waals surface area contributed by atoms with Gasteiger partial charge in [0.25, 0.3) is 5.91 Å². The predicted octanol–water partition coefficient (Wildman–Crippen LogP) is 3.60. The molecule has 0 saturated carbocycles. The Morgan fingerprint density at radius 1 is 0.906 bits per heavy atom. The van der Waals surface area contributed by atoms with E-state index in [0.29, 0.717) is 39.9 Å². The molecule has 0 radical (unpaired) electrons. The Kier molecular flexibility index (Phi) is 6.73. The number of hydrogen-bond acceptors (Lipinski definition) is 7. The second-order valence-electron chi connectivity index (χ2n) is 6.78. The average molecular weight is 439 g/mol. The van der Waals surface area contributed by atoms with Crippen molar-refractivity contribution in [1.82, 2.24) is 0 Å². The second kappa shape index (κ2) is 9.47. The van der Waals surface area contributed by atoms with Crippen molar-refractivity contribution in [3.05, 3.63) is 58.8 Å². The number of carbonyl (C=O) groups is 2. The number of ether oxygens (including phenoxy) is 5. The molecule has 0 aromatic heterocycles. The third-order valence-corrected chi connectivity index (χ3v) is 5.14. The van der Waals surface area contributed by atoms with Gasteiger partial charge in [0.2, 0.25) is 5.75 Å². The van der Waals surface area contributed by atoms with Crippen LogP contribution in [0.3, 0.4) is 0 Å². The van der Waals surface area contributed by atoms with Crippen LogP contribution in [0.1, 0.15) is 12.5 Å². The van der Waals surface area contributed by atoms with Crippen LogP contribution in [-0.2, 0) is 14.3 Å². The first kappa shape index (κ1) is 22.7. The Hall–Kier alpha value is -3.94. The van der Waals surface area contributed by atoms with Crippen LogP contribution in [0.4, 0.5) is 5.69 Å². The van der Waals surface area contributed by atoms with Gasteiger partial charge in [-0.25, -0.2) is 4.79 Å². The molecule has 0 saturated heterocycles. The van der Waals surface area contributed by atoms with Crippen molar-refractivity contribution in [1.29, 1.82) is 0 Å². The molecule has 168 valence electrons. The molecule has 8 nitrogen and oxygen atoms in total. The SMILES string of the molecule is COC(=O)C1=C(C)N(c2cccc(OC)c2)C(=O)/C1=C\c1ccc(OC)c(OC)c1OC. The van der Waals surface area contributed by atoms with Crippen LogP contribution >= 0.6 is 0 Å². The van der Waals surface area contributed by atoms with Crippen molar-refractivity contribution >= 4 is 23.6 Å². The van der Waals surface area contributed by atoms with E-state index in [2.05, 4.69) is 0 Å². The van der Waals surface area contributed by atoms with Gasteiger partial charge in [-0.05, 0) is 37.3 Å². The zero-order valence-electron chi connectivity index (χ0n) is 18.8. The summed E-state index contributed by atoms with van der Waals surface area (Å²) in [5.41, 5.74) is 1.88. The largest absolute Gasteiger partial charge is 0.497 e. The van der Waals surface area contributed by atoms with E-state index in [1.54, 1.807) is 56.5 Å². The van der Waals surface area contributed by atoms with E-state index >= 15 is 0 Å². The van der Waals surface area contributed by atoms with E-state index in [1.165, 1.54) is 33.3 Å². The standard InChI is InChI=1S/C24H25NO7/c1-14-20(24(27)32-6)18(23(26)25(14)16-8-7-9-17(13-16)28-2)12-15-10-11-19(29-3)22(31-5)21(15)30-4/h7-13H,1-6H3/b18-12-. The second-order valence-corrected chi connectivity index (χ2v) is 6.78. The molecule has 2 aromatic carbocycles. The third-order valence-electron chi connectivity index (χ3n) is 5.14. The van der Waals surface area contributed by atoms with Crippen molar-refractivity contribution in [2.75, 3.05) is 40.4 Å². The quantitative estimate of drug-likeness (QED) is 0.481. The van der Waals surface area contributed by atoms with Gasteiger partial charge in [0.1, 0.15) is 5.75 Å². The summed E-state index contributed by atoms with van der Waals surface area (Å²) in [6.07, 6.45) is 1.58. The van der Waals surface area contributed by atoms with Gasteiger partial charge in [-0.15, -0.1) is 0 Å². The number of benzene rings is 2. The first-order valence-corrected chi connectivity index (χ1v) is 9.70. The Balaban J connectivity index is 2.21. The summed E-state index contributed by atoms with van der Waals surface area (Å²) in [4.78, 5) is 27.6. The minimum atomic E-state index is -0.619. The number of rotatable bonds is 7. The van der Waals surface area contributed by atoms with Crippen LogP contribution in [0.25, 0.3) is 6.08 Å². The zero-order valence-corrected chi connectivity index (χ0v) is 18.8. The normalized spacial score (nSPS) is 14.6. The number of carbonyl (C=O) groups excluding carboxylic acids is 2. The fourth-order valence-corrected chi connectivity index (χ4v) is 3.63. The average Bonchev–Trinajstić information content (AvgIpc) is 3.07. The van der Waals surface area contributed by atoms with Gasteiger partial charge in [-0.1, -0.05) is 6.07 Å². The van der Waals surface area contributed by atoms with Gasteiger partial charge in [-0.3, -0.25) is 9.69 Å². The highest BCUT2D eigenvalue weighted by atomic mass is 16.5. The molecule has 0 fully saturated rings. The first-order chi connectivity index (χ1) is 15.4. The van der Waals surface area contributed by atoms with Crippen LogP contribution < -0.4 is 23.8 Å². The summed E-state index contributed by atoms with van der Waals surface area (Å²) in [5, 5.41) is 0.